The van der Waals surface area contributed by atoms with E-state index in [9.17, 15) is 5.11 Å². The Morgan fingerprint density at radius 2 is 1.52 bits per heavy atom. The van der Waals surface area contributed by atoms with Gasteiger partial charge in [0.05, 0.1) is 6.10 Å². The van der Waals surface area contributed by atoms with E-state index in [1.807, 2.05) is 6.92 Å². The molecule has 1 N–H and O–H groups in total. The summed E-state index contributed by atoms with van der Waals surface area (Å²) in [6.45, 7) is 4.16. The van der Waals surface area contributed by atoms with Crippen LogP contribution in [-0.2, 0) is 5.41 Å². The third kappa shape index (κ3) is 2.08. The smallest absolute Gasteiger partial charge is 0.0520 e. The first-order chi connectivity index (χ1) is 10.1. The van der Waals surface area contributed by atoms with E-state index in [1.165, 1.54) is 43.2 Å². The van der Waals surface area contributed by atoms with Gasteiger partial charge in [0.15, 0.2) is 0 Å². The largest absolute Gasteiger partial charge is 0.393 e. The Morgan fingerprint density at radius 3 is 2.00 bits per heavy atom. The molecule has 0 spiro atoms. The summed E-state index contributed by atoms with van der Waals surface area (Å²) in [6.07, 6.45) is 7.91. The average Bonchev–Trinajstić information content (AvgIpc) is 2.43. The van der Waals surface area contributed by atoms with Gasteiger partial charge in [-0.1, -0.05) is 29.8 Å². The van der Waals surface area contributed by atoms with Gasteiger partial charge in [0, 0.05) is 5.41 Å². The lowest BCUT2D eigenvalue weighted by Crippen LogP contribution is -2.56. The van der Waals surface area contributed by atoms with Crippen LogP contribution in [0.15, 0.2) is 24.3 Å². The standard InChI is InChI=1S/C20H28O/c1-13-3-5-17(6-4-13)20(12-14(2)21)18-8-15-7-16(10-18)11-19(20)9-15/h3-6,14-16,18-19,21H,7-12H2,1-2H3. The molecule has 4 aliphatic rings. The summed E-state index contributed by atoms with van der Waals surface area (Å²) in [5.74, 6) is 3.59. The molecule has 4 bridgehead atoms. The fourth-order valence-electron chi connectivity index (χ4n) is 6.30. The van der Waals surface area contributed by atoms with Gasteiger partial charge in [-0.05, 0) is 81.6 Å². The highest BCUT2D eigenvalue weighted by Gasteiger charge is 2.57. The van der Waals surface area contributed by atoms with Crippen molar-refractivity contribution in [2.24, 2.45) is 23.7 Å². The van der Waals surface area contributed by atoms with Crippen molar-refractivity contribution < 1.29 is 5.11 Å². The zero-order valence-electron chi connectivity index (χ0n) is 13.4. The summed E-state index contributed by atoms with van der Waals surface area (Å²) >= 11 is 0. The van der Waals surface area contributed by atoms with Crippen LogP contribution in [0, 0.1) is 30.6 Å². The van der Waals surface area contributed by atoms with Crippen LogP contribution in [0.4, 0.5) is 0 Å². The van der Waals surface area contributed by atoms with Crippen LogP contribution in [0.5, 0.6) is 0 Å². The van der Waals surface area contributed by atoms with Crippen LogP contribution in [-0.4, -0.2) is 11.2 Å². The van der Waals surface area contributed by atoms with Gasteiger partial charge in [-0.25, -0.2) is 0 Å². The number of rotatable bonds is 3. The topological polar surface area (TPSA) is 20.2 Å². The first kappa shape index (κ1) is 13.8. The number of benzene rings is 1. The summed E-state index contributed by atoms with van der Waals surface area (Å²) in [5.41, 5.74) is 3.12. The summed E-state index contributed by atoms with van der Waals surface area (Å²) in [7, 11) is 0. The number of hydrogen-bond donors (Lipinski definition) is 1. The van der Waals surface area contributed by atoms with Gasteiger partial charge in [-0.15, -0.1) is 0 Å². The molecule has 0 aromatic heterocycles. The quantitative estimate of drug-likeness (QED) is 0.869. The molecular weight excluding hydrogens is 256 g/mol. The van der Waals surface area contributed by atoms with E-state index in [0.29, 0.717) is 0 Å². The summed E-state index contributed by atoms with van der Waals surface area (Å²) in [4.78, 5) is 0. The predicted octanol–water partition coefficient (Wildman–Crippen LogP) is 4.46. The Morgan fingerprint density at radius 1 is 1.00 bits per heavy atom. The fraction of sp³-hybridized carbons (Fsp3) is 0.700. The van der Waals surface area contributed by atoms with E-state index in [0.717, 1.165) is 30.1 Å². The molecule has 4 aliphatic carbocycles. The van der Waals surface area contributed by atoms with Crippen molar-refractivity contribution >= 4 is 0 Å². The van der Waals surface area contributed by atoms with Crippen molar-refractivity contribution in [1.29, 1.82) is 0 Å². The third-order valence-electron chi connectivity index (χ3n) is 6.82. The summed E-state index contributed by atoms with van der Waals surface area (Å²) in [6, 6.07) is 9.26. The van der Waals surface area contributed by atoms with Gasteiger partial charge in [0.1, 0.15) is 0 Å². The molecule has 1 nitrogen and oxygen atoms in total. The van der Waals surface area contributed by atoms with E-state index in [1.54, 1.807) is 0 Å². The number of aliphatic hydroxyl groups is 1. The molecule has 4 fully saturated rings. The van der Waals surface area contributed by atoms with Crippen molar-refractivity contribution in [2.45, 2.75) is 63.9 Å². The monoisotopic (exact) mass is 284 g/mol. The molecule has 21 heavy (non-hydrogen) atoms. The molecule has 4 saturated carbocycles. The normalized spacial score (nSPS) is 42.2. The lowest BCUT2D eigenvalue weighted by atomic mass is 9.42. The molecule has 0 aliphatic heterocycles. The van der Waals surface area contributed by atoms with Gasteiger partial charge in [0.2, 0.25) is 0 Å². The molecular formula is C20H28O. The Balaban J connectivity index is 1.79. The van der Waals surface area contributed by atoms with E-state index in [-0.39, 0.29) is 11.5 Å². The number of hydrogen-bond acceptors (Lipinski definition) is 1. The van der Waals surface area contributed by atoms with Crippen LogP contribution in [0.25, 0.3) is 0 Å². The van der Waals surface area contributed by atoms with Crippen LogP contribution in [0.2, 0.25) is 0 Å². The molecule has 1 heteroatoms. The Bertz CT molecular complexity index is 485. The molecule has 0 saturated heterocycles. The first-order valence-electron chi connectivity index (χ1n) is 8.83. The highest BCUT2D eigenvalue weighted by Crippen LogP contribution is 2.64. The maximum Gasteiger partial charge on any atom is 0.0520 e. The number of aryl methyl sites for hydroxylation is 1. The van der Waals surface area contributed by atoms with Crippen molar-refractivity contribution in [3.05, 3.63) is 35.4 Å². The van der Waals surface area contributed by atoms with Gasteiger partial charge < -0.3 is 5.11 Å². The van der Waals surface area contributed by atoms with Crippen molar-refractivity contribution in [1.82, 2.24) is 0 Å². The van der Waals surface area contributed by atoms with E-state index in [2.05, 4.69) is 31.2 Å². The van der Waals surface area contributed by atoms with Crippen LogP contribution < -0.4 is 0 Å². The zero-order chi connectivity index (χ0) is 14.6. The van der Waals surface area contributed by atoms with Crippen LogP contribution >= 0.6 is 0 Å². The predicted molar refractivity (Wildman–Crippen MR) is 86.2 cm³/mol. The molecule has 1 aromatic rings. The average molecular weight is 284 g/mol. The van der Waals surface area contributed by atoms with Crippen molar-refractivity contribution in [3.8, 4) is 0 Å². The minimum absolute atomic E-state index is 0.191. The Hall–Kier alpha value is -0.820. The van der Waals surface area contributed by atoms with Gasteiger partial charge in [-0.3, -0.25) is 0 Å². The molecule has 0 heterocycles. The highest BCUT2D eigenvalue weighted by molar-refractivity contribution is 5.33. The fourth-order valence-corrected chi connectivity index (χ4v) is 6.30. The van der Waals surface area contributed by atoms with Gasteiger partial charge in [-0.2, -0.15) is 0 Å². The SMILES string of the molecule is Cc1ccc(C2(CC(C)O)C3CC4CC(C3)CC2C4)cc1. The van der Waals surface area contributed by atoms with Crippen LogP contribution in [0.1, 0.15) is 56.6 Å². The molecule has 114 valence electrons. The summed E-state index contributed by atoms with van der Waals surface area (Å²) in [5, 5.41) is 10.2. The Kier molecular flexibility index (Phi) is 3.19. The first-order valence-corrected chi connectivity index (χ1v) is 8.83. The maximum absolute atomic E-state index is 10.2. The maximum atomic E-state index is 10.2. The molecule has 1 atom stereocenters. The molecule has 0 radical (unpaired) electrons. The highest BCUT2D eigenvalue weighted by atomic mass is 16.3. The van der Waals surface area contributed by atoms with Crippen LogP contribution in [0.3, 0.4) is 0 Å². The van der Waals surface area contributed by atoms with E-state index < -0.39 is 0 Å². The van der Waals surface area contributed by atoms with Crippen molar-refractivity contribution in [2.75, 3.05) is 0 Å². The lowest BCUT2D eigenvalue weighted by Gasteiger charge is -2.62. The molecule has 1 unspecified atom stereocenters. The lowest BCUT2D eigenvalue weighted by molar-refractivity contribution is -0.0781. The van der Waals surface area contributed by atoms with Crippen molar-refractivity contribution in [3.63, 3.8) is 0 Å². The van der Waals surface area contributed by atoms with Gasteiger partial charge in [0.25, 0.3) is 0 Å². The number of aliphatic hydroxyl groups excluding tert-OH is 1. The minimum atomic E-state index is -0.191. The third-order valence-corrected chi connectivity index (χ3v) is 6.82. The molecule has 1 aromatic carbocycles. The minimum Gasteiger partial charge on any atom is -0.393 e. The Labute approximate surface area is 128 Å². The van der Waals surface area contributed by atoms with E-state index >= 15 is 0 Å². The van der Waals surface area contributed by atoms with E-state index in [4.69, 9.17) is 0 Å². The second kappa shape index (κ2) is 4.84. The molecule has 0 amide bonds. The molecule has 5 rings (SSSR count). The van der Waals surface area contributed by atoms with Gasteiger partial charge >= 0.3 is 0 Å². The second-order valence-corrected chi connectivity index (χ2v) is 8.26. The zero-order valence-corrected chi connectivity index (χ0v) is 13.4. The summed E-state index contributed by atoms with van der Waals surface area (Å²) < 4.78 is 0. The second-order valence-electron chi connectivity index (χ2n) is 8.26.